The number of unbranched alkanes of at least 4 members (excludes halogenated alkanes) is 10. The van der Waals surface area contributed by atoms with Crippen molar-refractivity contribution in [1.82, 2.24) is 0 Å². The smallest absolute Gasteiger partial charge is 0.228 e. The summed E-state index contributed by atoms with van der Waals surface area (Å²) < 4.78 is 0. The van der Waals surface area contributed by atoms with E-state index in [1.54, 1.807) is 12.2 Å². The highest BCUT2D eigenvalue weighted by atomic mass is 16.1. The van der Waals surface area contributed by atoms with Crippen molar-refractivity contribution in [1.29, 1.82) is 0 Å². The van der Waals surface area contributed by atoms with Gasteiger partial charge in [0, 0.05) is 12.8 Å². The van der Waals surface area contributed by atoms with Gasteiger partial charge in [0.05, 0.1) is 0 Å². The molecule has 34 heavy (non-hydrogen) atoms. The van der Waals surface area contributed by atoms with Crippen LogP contribution in [0.5, 0.6) is 0 Å². The number of hydrogen-bond donors (Lipinski definition) is 0. The molecule has 0 fully saturated rings. The first-order chi connectivity index (χ1) is 16.5. The molecule has 0 saturated carbocycles. The minimum Gasteiger partial charge on any atom is -0.280 e. The first-order valence-corrected chi connectivity index (χ1v) is 11.6. The van der Waals surface area contributed by atoms with Crippen molar-refractivity contribution >= 4 is 23.1 Å². The van der Waals surface area contributed by atoms with Crippen molar-refractivity contribution in [3.05, 3.63) is 36.5 Å². The summed E-state index contributed by atoms with van der Waals surface area (Å²) in [6.07, 6.45) is 29.3. The van der Waals surface area contributed by atoms with Crippen LogP contribution in [0.15, 0.2) is 36.5 Å². The van der Waals surface area contributed by atoms with Gasteiger partial charge < -0.3 is 0 Å². The molecule has 0 bridgehead atoms. The molecule has 0 rings (SSSR count). The Balaban J connectivity index is 3.82. The Morgan fingerprint density at radius 2 is 0.882 bits per heavy atom. The molecule has 0 heterocycles. The number of carbonyl (C=O) groups excluding carboxylic acids is 4. The van der Waals surface area contributed by atoms with Gasteiger partial charge in [-0.15, -0.1) is 12.8 Å². The maximum atomic E-state index is 11.7. The van der Waals surface area contributed by atoms with Crippen LogP contribution in [0.4, 0.5) is 0 Å². The molecule has 0 aliphatic carbocycles. The van der Waals surface area contributed by atoms with Crippen LogP contribution >= 0.6 is 0 Å². The molecule has 0 spiro atoms. The standard InChI is InChI=1S/C30H32O4/c1-3-27(31)21-17-13-9-5-7-11-15-19-23-29(33)25-26-30(34)24-20-16-12-8-6-10-14-18-22-28(32)4-2/h1-2,17-18,21-22,25-26H,5-16H2/b21-17+,22-18+,26-25-. The normalized spacial score (nSPS) is 10.2. The van der Waals surface area contributed by atoms with Crippen LogP contribution in [0.25, 0.3) is 0 Å². The lowest BCUT2D eigenvalue weighted by Gasteiger charge is -1.95. The highest BCUT2D eigenvalue weighted by Crippen LogP contribution is 2.06. The van der Waals surface area contributed by atoms with Crippen molar-refractivity contribution in [2.24, 2.45) is 0 Å². The van der Waals surface area contributed by atoms with Crippen LogP contribution in [0.3, 0.4) is 0 Å². The van der Waals surface area contributed by atoms with Crippen molar-refractivity contribution in [3.63, 3.8) is 0 Å². The van der Waals surface area contributed by atoms with Crippen molar-refractivity contribution in [2.75, 3.05) is 0 Å². The van der Waals surface area contributed by atoms with E-state index in [0.29, 0.717) is 12.8 Å². The van der Waals surface area contributed by atoms with E-state index in [9.17, 15) is 19.2 Å². The second kappa shape index (κ2) is 22.3. The minimum atomic E-state index is -0.406. The molecule has 4 heteroatoms. The zero-order chi connectivity index (χ0) is 25.3. The van der Waals surface area contributed by atoms with Crippen LogP contribution in [-0.2, 0) is 19.2 Å². The fraction of sp³-hybridized carbons (Fsp3) is 0.400. The zero-order valence-corrected chi connectivity index (χ0v) is 19.7. The Bertz CT molecular complexity index is 889. The van der Waals surface area contributed by atoms with E-state index in [1.165, 1.54) is 12.2 Å². The summed E-state index contributed by atoms with van der Waals surface area (Å²) in [7, 11) is 0. The minimum absolute atomic E-state index is 0.312. The molecule has 0 radical (unpaired) electrons. The lowest BCUT2D eigenvalue weighted by atomic mass is 10.1. The predicted molar refractivity (Wildman–Crippen MR) is 136 cm³/mol. The van der Waals surface area contributed by atoms with Gasteiger partial charge in [0.15, 0.2) is 0 Å². The molecule has 0 aromatic carbocycles. The second-order valence-electron chi connectivity index (χ2n) is 7.39. The fourth-order valence-corrected chi connectivity index (χ4v) is 2.67. The molecule has 0 aliphatic heterocycles. The number of terminal acetylenes is 2. The van der Waals surface area contributed by atoms with Crippen LogP contribution < -0.4 is 0 Å². The maximum absolute atomic E-state index is 11.7. The highest BCUT2D eigenvalue weighted by Gasteiger charge is 1.94. The quantitative estimate of drug-likeness (QED) is 0.144. The molecule has 0 aromatic heterocycles. The number of carbonyl (C=O) groups is 4. The summed E-state index contributed by atoms with van der Waals surface area (Å²) in [6, 6.07) is 0. The summed E-state index contributed by atoms with van der Waals surface area (Å²) in [6.45, 7) is 0. The summed E-state index contributed by atoms with van der Waals surface area (Å²) in [5, 5.41) is 0. The van der Waals surface area contributed by atoms with Gasteiger partial charge in [-0.25, -0.2) is 0 Å². The average Bonchev–Trinajstić information content (AvgIpc) is 2.84. The highest BCUT2D eigenvalue weighted by molar-refractivity contribution is 6.11. The molecule has 4 nitrogen and oxygen atoms in total. The van der Waals surface area contributed by atoms with E-state index >= 15 is 0 Å². The first-order valence-electron chi connectivity index (χ1n) is 11.6. The summed E-state index contributed by atoms with van der Waals surface area (Å²) in [4.78, 5) is 45.1. The molecule has 0 amide bonds. The molecule has 0 aromatic rings. The van der Waals surface area contributed by atoms with Gasteiger partial charge in [-0.2, -0.15) is 0 Å². The van der Waals surface area contributed by atoms with Crippen LogP contribution in [0, 0.1) is 48.4 Å². The van der Waals surface area contributed by atoms with Gasteiger partial charge >= 0.3 is 0 Å². The third-order valence-corrected chi connectivity index (χ3v) is 4.48. The van der Waals surface area contributed by atoms with Crippen LogP contribution in [0.2, 0.25) is 0 Å². The number of allylic oxidation sites excluding steroid dienone is 6. The molecule has 176 valence electrons. The van der Waals surface area contributed by atoms with Crippen molar-refractivity contribution < 1.29 is 19.2 Å². The third-order valence-electron chi connectivity index (χ3n) is 4.48. The molecule has 0 atom stereocenters. The molecular weight excluding hydrogens is 424 g/mol. The topological polar surface area (TPSA) is 68.3 Å². The number of rotatable bonds is 16. The van der Waals surface area contributed by atoms with Crippen molar-refractivity contribution in [2.45, 2.75) is 77.0 Å². The van der Waals surface area contributed by atoms with Crippen LogP contribution in [0.1, 0.15) is 77.0 Å². The summed E-state index contributed by atoms with van der Waals surface area (Å²) >= 11 is 0. The molecule has 0 aliphatic rings. The van der Waals surface area contributed by atoms with E-state index < -0.39 is 11.6 Å². The Hall–Kier alpha value is -3.86. The van der Waals surface area contributed by atoms with Gasteiger partial charge in [-0.3, -0.25) is 19.2 Å². The van der Waals surface area contributed by atoms with E-state index in [1.807, 2.05) is 11.8 Å². The molecule has 0 N–H and O–H groups in total. The zero-order valence-electron chi connectivity index (χ0n) is 19.7. The van der Waals surface area contributed by atoms with E-state index in [4.69, 9.17) is 12.8 Å². The Kier molecular flexibility index (Phi) is 19.8. The monoisotopic (exact) mass is 456 g/mol. The van der Waals surface area contributed by atoms with Crippen molar-refractivity contribution in [3.8, 4) is 48.4 Å². The van der Waals surface area contributed by atoms with Gasteiger partial charge in [0.1, 0.15) is 0 Å². The third kappa shape index (κ3) is 21.4. The Morgan fingerprint density at radius 1 is 0.500 bits per heavy atom. The summed E-state index contributed by atoms with van der Waals surface area (Å²) in [5.41, 5.74) is 0. The Labute approximate surface area is 204 Å². The first kappa shape index (κ1) is 30.1. The average molecular weight is 457 g/mol. The van der Waals surface area contributed by atoms with Gasteiger partial charge in [-0.05, 0) is 86.5 Å². The maximum Gasteiger partial charge on any atom is 0.228 e. The SMILES string of the molecule is C#CC(=O)/C=C/CCCCCCC#CC(=O)/C=C\C(=O)C#CCCCCCC/C=C/C(=O)C#C. The molecule has 0 saturated heterocycles. The van der Waals surface area contributed by atoms with E-state index in [0.717, 1.165) is 76.4 Å². The number of ketones is 4. The lowest BCUT2D eigenvalue weighted by Crippen LogP contribution is -1.91. The predicted octanol–water partition coefficient (Wildman–Crippen LogP) is 4.89. The van der Waals surface area contributed by atoms with Gasteiger partial charge in [-0.1, -0.05) is 49.7 Å². The van der Waals surface area contributed by atoms with E-state index in [-0.39, 0.29) is 11.6 Å². The fourth-order valence-electron chi connectivity index (χ4n) is 2.67. The summed E-state index contributed by atoms with van der Waals surface area (Å²) in [5.74, 6) is 13.3. The van der Waals surface area contributed by atoms with Gasteiger partial charge in [0.2, 0.25) is 23.1 Å². The number of hydrogen-bond acceptors (Lipinski definition) is 4. The Morgan fingerprint density at radius 3 is 1.26 bits per heavy atom. The van der Waals surface area contributed by atoms with Gasteiger partial charge in [0.25, 0.3) is 0 Å². The van der Waals surface area contributed by atoms with E-state index in [2.05, 4.69) is 23.7 Å². The second-order valence-corrected chi connectivity index (χ2v) is 7.39. The van der Waals surface area contributed by atoms with Crippen LogP contribution in [-0.4, -0.2) is 23.1 Å². The molecular formula is C30H32O4. The largest absolute Gasteiger partial charge is 0.280 e. The molecule has 0 unspecified atom stereocenters. The lowest BCUT2D eigenvalue weighted by molar-refractivity contribution is -0.111.